The average Bonchev–Trinajstić information content (AvgIpc) is 2.41. The molecule has 0 amide bonds. The molecular weight excluding hydrogens is 222 g/mol. The summed E-state index contributed by atoms with van der Waals surface area (Å²) >= 11 is 0. The number of carbonyl (C=O) groups is 1. The van der Waals surface area contributed by atoms with Crippen LogP contribution >= 0.6 is 0 Å². The summed E-state index contributed by atoms with van der Waals surface area (Å²) in [4.78, 5) is 10.2. The van der Waals surface area contributed by atoms with Crippen LogP contribution in [0.15, 0.2) is 60.7 Å². The standard InChI is InChI=1S/C16H15NO/c18-12-5-4-7-14-8-6-11-16(13-14)17-15-9-2-1-3-10-15/h1-4,6-13,17H,5H2. The van der Waals surface area contributed by atoms with E-state index in [0.29, 0.717) is 6.42 Å². The smallest absolute Gasteiger partial charge is 0.123 e. The fourth-order valence-corrected chi connectivity index (χ4v) is 1.67. The van der Waals surface area contributed by atoms with Gasteiger partial charge in [0.2, 0.25) is 0 Å². The molecule has 0 aliphatic heterocycles. The van der Waals surface area contributed by atoms with Gasteiger partial charge in [-0.2, -0.15) is 0 Å². The maximum absolute atomic E-state index is 10.2. The second-order valence-corrected chi connectivity index (χ2v) is 3.92. The molecule has 0 saturated carbocycles. The number of para-hydroxylation sites is 1. The van der Waals surface area contributed by atoms with Gasteiger partial charge >= 0.3 is 0 Å². The van der Waals surface area contributed by atoms with E-state index in [9.17, 15) is 4.79 Å². The number of carbonyl (C=O) groups excluding carboxylic acids is 1. The van der Waals surface area contributed by atoms with E-state index in [1.165, 1.54) is 0 Å². The van der Waals surface area contributed by atoms with Crippen molar-refractivity contribution in [2.24, 2.45) is 0 Å². The molecular formula is C16H15NO. The first kappa shape index (κ1) is 12.1. The lowest BCUT2D eigenvalue weighted by Crippen LogP contribution is -1.89. The van der Waals surface area contributed by atoms with Crippen molar-refractivity contribution in [2.45, 2.75) is 6.42 Å². The van der Waals surface area contributed by atoms with Gasteiger partial charge < -0.3 is 10.1 Å². The van der Waals surface area contributed by atoms with E-state index in [4.69, 9.17) is 0 Å². The minimum atomic E-state index is 0.455. The highest BCUT2D eigenvalue weighted by molar-refractivity contribution is 5.65. The number of hydrogen-bond acceptors (Lipinski definition) is 2. The Hall–Kier alpha value is -2.35. The van der Waals surface area contributed by atoms with Crippen LogP contribution in [-0.2, 0) is 4.79 Å². The van der Waals surface area contributed by atoms with Gasteiger partial charge in [0, 0.05) is 17.8 Å². The maximum Gasteiger partial charge on any atom is 0.123 e. The Bertz CT molecular complexity index is 532. The molecule has 2 heteroatoms. The van der Waals surface area contributed by atoms with Crippen LogP contribution in [0.5, 0.6) is 0 Å². The molecule has 18 heavy (non-hydrogen) atoms. The third kappa shape index (κ3) is 3.59. The van der Waals surface area contributed by atoms with E-state index in [1.54, 1.807) is 0 Å². The molecule has 0 aliphatic rings. The number of nitrogens with one attached hydrogen (secondary N) is 1. The van der Waals surface area contributed by atoms with Gasteiger partial charge in [-0.05, 0) is 29.8 Å². The Labute approximate surface area is 107 Å². The van der Waals surface area contributed by atoms with Crippen LogP contribution in [0.1, 0.15) is 12.0 Å². The van der Waals surface area contributed by atoms with Crippen molar-refractivity contribution in [2.75, 3.05) is 5.32 Å². The summed E-state index contributed by atoms with van der Waals surface area (Å²) in [7, 11) is 0. The third-order valence-electron chi connectivity index (χ3n) is 2.49. The second kappa shape index (κ2) is 6.40. The Morgan fingerprint density at radius 2 is 1.72 bits per heavy atom. The zero-order valence-corrected chi connectivity index (χ0v) is 10.0. The van der Waals surface area contributed by atoms with Crippen LogP contribution in [0.25, 0.3) is 6.08 Å². The number of anilines is 2. The lowest BCUT2D eigenvalue weighted by molar-refractivity contribution is -0.107. The van der Waals surface area contributed by atoms with Crippen molar-refractivity contribution < 1.29 is 4.79 Å². The van der Waals surface area contributed by atoms with Gasteiger partial charge in [0.15, 0.2) is 0 Å². The van der Waals surface area contributed by atoms with Crippen LogP contribution in [0.3, 0.4) is 0 Å². The summed E-state index contributed by atoms with van der Waals surface area (Å²) < 4.78 is 0. The molecule has 90 valence electrons. The van der Waals surface area contributed by atoms with E-state index >= 15 is 0 Å². The highest BCUT2D eigenvalue weighted by Gasteiger charge is 1.94. The molecule has 0 bridgehead atoms. The molecule has 0 atom stereocenters. The number of allylic oxidation sites excluding steroid dienone is 1. The van der Waals surface area contributed by atoms with Crippen LogP contribution in [0.2, 0.25) is 0 Å². The van der Waals surface area contributed by atoms with E-state index in [2.05, 4.69) is 5.32 Å². The van der Waals surface area contributed by atoms with Gasteiger partial charge in [-0.15, -0.1) is 0 Å². The molecule has 2 rings (SSSR count). The zero-order valence-electron chi connectivity index (χ0n) is 10.0. The third-order valence-corrected chi connectivity index (χ3v) is 2.49. The van der Waals surface area contributed by atoms with Gasteiger partial charge in [0.25, 0.3) is 0 Å². The van der Waals surface area contributed by atoms with Crippen molar-refractivity contribution >= 4 is 23.7 Å². The van der Waals surface area contributed by atoms with Crippen LogP contribution in [-0.4, -0.2) is 6.29 Å². The predicted molar refractivity (Wildman–Crippen MR) is 75.9 cm³/mol. The topological polar surface area (TPSA) is 29.1 Å². The summed E-state index contributed by atoms with van der Waals surface area (Å²) in [6.45, 7) is 0. The van der Waals surface area contributed by atoms with Crippen LogP contribution in [0, 0.1) is 0 Å². The van der Waals surface area contributed by atoms with Gasteiger partial charge in [-0.1, -0.05) is 42.5 Å². The summed E-state index contributed by atoms with van der Waals surface area (Å²) in [5.74, 6) is 0. The van der Waals surface area contributed by atoms with Gasteiger partial charge in [0.05, 0.1) is 0 Å². The highest BCUT2D eigenvalue weighted by Crippen LogP contribution is 2.17. The number of hydrogen-bond donors (Lipinski definition) is 1. The molecule has 0 aromatic heterocycles. The largest absolute Gasteiger partial charge is 0.356 e. The zero-order chi connectivity index (χ0) is 12.6. The van der Waals surface area contributed by atoms with Crippen molar-refractivity contribution in [3.05, 3.63) is 66.2 Å². The quantitative estimate of drug-likeness (QED) is 0.795. The van der Waals surface area contributed by atoms with Gasteiger partial charge in [0.1, 0.15) is 6.29 Å². The summed E-state index contributed by atoms with van der Waals surface area (Å²) in [5.41, 5.74) is 3.18. The fourth-order valence-electron chi connectivity index (χ4n) is 1.67. The van der Waals surface area contributed by atoms with Crippen LogP contribution in [0.4, 0.5) is 11.4 Å². The Balaban J connectivity index is 2.10. The molecule has 0 saturated heterocycles. The monoisotopic (exact) mass is 237 g/mol. The van der Waals surface area contributed by atoms with Crippen molar-refractivity contribution in [1.82, 2.24) is 0 Å². The summed E-state index contributed by atoms with van der Waals surface area (Å²) in [6.07, 6.45) is 5.15. The Morgan fingerprint density at radius 3 is 2.50 bits per heavy atom. The molecule has 2 nitrogen and oxygen atoms in total. The minimum Gasteiger partial charge on any atom is -0.356 e. The van der Waals surface area contributed by atoms with E-state index in [-0.39, 0.29) is 0 Å². The molecule has 0 spiro atoms. The molecule has 2 aromatic carbocycles. The van der Waals surface area contributed by atoms with E-state index in [0.717, 1.165) is 23.2 Å². The Morgan fingerprint density at radius 1 is 0.944 bits per heavy atom. The van der Waals surface area contributed by atoms with Crippen molar-refractivity contribution in [3.63, 3.8) is 0 Å². The van der Waals surface area contributed by atoms with E-state index < -0.39 is 0 Å². The van der Waals surface area contributed by atoms with Crippen molar-refractivity contribution in [1.29, 1.82) is 0 Å². The molecule has 0 aliphatic carbocycles. The average molecular weight is 237 g/mol. The predicted octanol–water partition coefficient (Wildman–Crippen LogP) is 4.03. The first-order valence-electron chi connectivity index (χ1n) is 5.91. The molecule has 0 heterocycles. The fraction of sp³-hybridized carbons (Fsp3) is 0.0625. The number of rotatable bonds is 5. The normalized spacial score (nSPS) is 10.4. The summed E-state index contributed by atoms with van der Waals surface area (Å²) in [5, 5.41) is 3.33. The lowest BCUT2D eigenvalue weighted by atomic mass is 10.1. The molecule has 0 unspecified atom stereocenters. The minimum absolute atomic E-state index is 0.455. The number of benzene rings is 2. The SMILES string of the molecule is O=CCC=Cc1cccc(Nc2ccccc2)c1. The first-order valence-corrected chi connectivity index (χ1v) is 5.91. The maximum atomic E-state index is 10.2. The molecule has 0 radical (unpaired) electrons. The van der Waals surface area contributed by atoms with E-state index in [1.807, 2.05) is 66.7 Å². The van der Waals surface area contributed by atoms with Gasteiger partial charge in [-0.25, -0.2) is 0 Å². The highest BCUT2D eigenvalue weighted by atomic mass is 16.1. The molecule has 0 fully saturated rings. The molecule has 1 N–H and O–H groups in total. The molecule has 2 aromatic rings. The lowest BCUT2D eigenvalue weighted by Gasteiger charge is -2.06. The summed E-state index contributed by atoms with van der Waals surface area (Å²) in [6, 6.07) is 18.1. The Kier molecular flexibility index (Phi) is 4.31. The number of aldehydes is 1. The first-order chi connectivity index (χ1) is 8.88. The second-order valence-electron chi connectivity index (χ2n) is 3.92. The van der Waals surface area contributed by atoms with Gasteiger partial charge in [-0.3, -0.25) is 0 Å². The van der Waals surface area contributed by atoms with Crippen molar-refractivity contribution in [3.8, 4) is 0 Å². The van der Waals surface area contributed by atoms with Crippen LogP contribution < -0.4 is 5.32 Å².